The van der Waals surface area contributed by atoms with Gasteiger partial charge in [0.25, 0.3) is 52.3 Å². The molecule has 0 aromatic heterocycles. The number of carbonyl (C=O) groups is 4. The molecule has 3 aliphatic rings. The fourth-order valence-electron chi connectivity index (χ4n) is 7.54. The molecule has 2 aromatic rings. The second kappa shape index (κ2) is 22.3. The molecule has 1 unspecified atom stereocenters. The minimum Gasteiger partial charge on any atom is -0.478 e. The van der Waals surface area contributed by atoms with Crippen LogP contribution in [0, 0.1) is 0 Å². The van der Waals surface area contributed by atoms with Gasteiger partial charge in [0, 0.05) is 54.3 Å². The molecular formula is C41H50N3O19S4+. The van der Waals surface area contributed by atoms with Gasteiger partial charge in [-0.1, -0.05) is 12.1 Å². The molecule has 1 saturated heterocycles. The zero-order valence-corrected chi connectivity index (χ0v) is 39.0. The van der Waals surface area contributed by atoms with E-state index in [4.69, 9.17) is 13.8 Å². The Labute approximate surface area is 385 Å². The molecule has 1 fully saturated rings. The number of hydroxylamine groups is 2. The van der Waals surface area contributed by atoms with Gasteiger partial charge in [0.05, 0.1) is 40.2 Å². The molecule has 6 N–H and O–H groups in total. The average molecular weight is 1020 g/mol. The van der Waals surface area contributed by atoms with Crippen LogP contribution in [-0.2, 0) is 54.9 Å². The van der Waals surface area contributed by atoms with Crippen LogP contribution in [0.4, 0.5) is 0 Å². The lowest BCUT2D eigenvalue weighted by Crippen LogP contribution is -2.32. The van der Waals surface area contributed by atoms with Crippen LogP contribution in [0.3, 0.4) is 0 Å². The maximum Gasteiger partial charge on any atom is 0.363 e. The summed E-state index contributed by atoms with van der Waals surface area (Å²) >= 11 is 0. The van der Waals surface area contributed by atoms with Crippen molar-refractivity contribution in [1.29, 1.82) is 0 Å². The van der Waals surface area contributed by atoms with Gasteiger partial charge in [-0.3, -0.25) is 27.8 Å². The van der Waals surface area contributed by atoms with Gasteiger partial charge in [-0.2, -0.15) is 33.7 Å². The maximum absolute atomic E-state index is 13.4. The molecule has 2 heterocycles. The second-order valence-electron chi connectivity index (χ2n) is 15.8. The predicted molar refractivity (Wildman–Crippen MR) is 240 cm³/mol. The van der Waals surface area contributed by atoms with Crippen molar-refractivity contribution in [3.63, 3.8) is 0 Å². The van der Waals surface area contributed by atoms with Crippen LogP contribution in [0.2, 0.25) is 0 Å². The first-order chi connectivity index (χ1) is 31.3. The number of aromatic carboxylic acids is 1. The first-order valence-electron chi connectivity index (χ1n) is 20.9. The Kier molecular flexibility index (Phi) is 17.5. The van der Waals surface area contributed by atoms with Gasteiger partial charge >= 0.3 is 11.9 Å². The number of unbranched alkanes of at least 4 members (excludes halogenated alkanes) is 3. The van der Waals surface area contributed by atoms with Crippen molar-refractivity contribution in [3.05, 3.63) is 76.6 Å². The number of nitrogens with zero attached hydrogens (tertiary/aromatic N) is 2. The van der Waals surface area contributed by atoms with E-state index in [1.54, 1.807) is 41.0 Å². The topological polar surface area (TPSA) is 347 Å². The molecule has 366 valence electrons. The minimum absolute atomic E-state index is 0.0210. The van der Waals surface area contributed by atoms with E-state index in [9.17, 15) is 71.6 Å². The van der Waals surface area contributed by atoms with E-state index >= 15 is 0 Å². The largest absolute Gasteiger partial charge is 0.478 e. The summed E-state index contributed by atoms with van der Waals surface area (Å²) in [5.41, 5.74) is 0.626. The van der Waals surface area contributed by atoms with Crippen LogP contribution < -0.4 is 15.2 Å². The predicted octanol–water partition coefficient (Wildman–Crippen LogP) is 3.20. The Balaban J connectivity index is 1.72. The Hall–Kier alpha value is -5.19. The summed E-state index contributed by atoms with van der Waals surface area (Å²) in [6.45, 7) is 0.610. The number of rotatable bonds is 25. The number of benzene rings is 3. The zero-order valence-electron chi connectivity index (χ0n) is 35.8. The summed E-state index contributed by atoms with van der Waals surface area (Å²) in [7, 11) is -17.1. The summed E-state index contributed by atoms with van der Waals surface area (Å²) in [6, 6.07) is 12.6. The highest BCUT2D eigenvalue weighted by Gasteiger charge is 2.34. The van der Waals surface area contributed by atoms with Gasteiger partial charge in [0.1, 0.15) is 24.4 Å². The first-order valence-corrected chi connectivity index (χ1v) is 27.3. The Morgan fingerprint density at radius 2 is 1.25 bits per heavy atom. The standard InChI is InChI=1S/C41H49N3O19S4/c45-37-15-16-38(46)44(37)63-41(49)28-10-12-30(40(47)48)33(24-28)39-31-13-9-27(34(8-7-23-67(59,60)61)42-17-1-4-20-64(50,51)52)25-35(31)62-36-26-29(11-14-32(36)39)43(18-2-5-21-65(53,54)55)19-3-6-22-66(56,57)58/h9-14,24-26,34,42H,1-8,15-23H2,(H4-,47,48,50,51,52,53,54,55,56,57,58,59,60,61)/p+1. The number of amides is 2. The highest BCUT2D eigenvalue weighted by molar-refractivity contribution is 7.86. The molecule has 0 radical (unpaired) electrons. The van der Waals surface area contributed by atoms with E-state index in [-0.39, 0.29) is 117 Å². The number of carboxylic acids is 1. The summed E-state index contributed by atoms with van der Waals surface area (Å²) in [5, 5.41) is 14.8. The molecule has 1 aliphatic carbocycles. The Bertz CT molecular complexity index is 2970. The fraction of sp³-hybridized carbons (Fsp3) is 0.439. The molecule has 2 aromatic carbocycles. The van der Waals surface area contributed by atoms with Crippen molar-refractivity contribution in [2.75, 3.05) is 42.6 Å². The lowest BCUT2D eigenvalue weighted by atomic mass is 9.88. The summed E-state index contributed by atoms with van der Waals surface area (Å²) < 4.78 is 137. The Morgan fingerprint density at radius 1 is 0.687 bits per heavy atom. The van der Waals surface area contributed by atoms with Gasteiger partial charge < -0.3 is 19.7 Å². The van der Waals surface area contributed by atoms with E-state index in [2.05, 4.69) is 5.32 Å². The van der Waals surface area contributed by atoms with E-state index < -0.39 is 93.3 Å². The smallest absolute Gasteiger partial charge is 0.363 e. The van der Waals surface area contributed by atoms with E-state index in [1.165, 1.54) is 6.07 Å². The van der Waals surface area contributed by atoms with Gasteiger partial charge in [-0.25, -0.2) is 14.2 Å². The lowest BCUT2D eigenvalue weighted by Gasteiger charge is -2.21. The fourth-order valence-corrected chi connectivity index (χ4v) is 9.78. The van der Waals surface area contributed by atoms with E-state index in [0.29, 0.717) is 26.9 Å². The highest BCUT2D eigenvalue weighted by atomic mass is 32.2. The summed E-state index contributed by atoms with van der Waals surface area (Å²) in [6.07, 6.45) is 0.755. The monoisotopic (exact) mass is 1020 g/mol. The number of carbonyl (C=O) groups excluding carboxylic acids is 3. The molecule has 26 heteroatoms. The number of carboxylic acid groups (broad SMARTS) is 1. The number of hydrogen-bond donors (Lipinski definition) is 6. The summed E-state index contributed by atoms with van der Waals surface area (Å²) in [5.74, 6) is -6.02. The number of imide groups is 1. The van der Waals surface area contributed by atoms with Gasteiger partial charge in [0.2, 0.25) is 5.36 Å². The molecule has 22 nitrogen and oxygen atoms in total. The normalized spacial score (nSPS) is 14.2. The van der Waals surface area contributed by atoms with Crippen LogP contribution in [0.25, 0.3) is 33.4 Å². The van der Waals surface area contributed by atoms with Gasteiger partial charge in [-0.15, -0.1) is 5.06 Å². The molecule has 0 saturated carbocycles. The molecule has 5 rings (SSSR count). The highest BCUT2D eigenvalue weighted by Crippen LogP contribution is 2.42. The second-order valence-corrected chi connectivity index (χ2v) is 22.1. The van der Waals surface area contributed by atoms with E-state index in [1.807, 2.05) is 0 Å². The lowest BCUT2D eigenvalue weighted by molar-refractivity contribution is -0.172. The van der Waals surface area contributed by atoms with Crippen molar-refractivity contribution < 1.29 is 85.4 Å². The summed E-state index contributed by atoms with van der Waals surface area (Å²) in [4.78, 5) is 56.0. The zero-order chi connectivity index (χ0) is 49.3. The number of fused-ring (bicyclic) bond motifs is 2. The third kappa shape index (κ3) is 16.0. The Morgan fingerprint density at radius 3 is 1.82 bits per heavy atom. The molecule has 2 aliphatic heterocycles. The minimum atomic E-state index is -4.35. The van der Waals surface area contributed by atoms with Crippen LogP contribution in [0.5, 0.6) is 0 Å². The van der Waals surface area contributed by atoms with Crippen molar-refractivity contribution in [3.8, 4) is 22.5 Å². The van der Waals surface area contributed by atoms with Crippen LogP contribution in [0.15, 0.2) is 59.0 Å². The molecule has 67 heavy (non-hydrogen) atoms. The van der Waals surface area contributed by atoms with Crippen LogP contribution in [0.1, 0.15) is 96.5 Å². The van der Waals surface area contributed by atoms with Crippen LogP contribution >= 0.6 is 0 Å². The molecule has 0 spiro atoms. The molecule has 1 atom stereocenters. The van der Waals surface area contributed by atoms with Crippen molar-refractivity contribution in [2.45, 2.75) is 70.3 Å². The van der Waals surface area contributed by atoms with Crippen molar-refractivity contribution in [2.24, 2.45) is 0 Å². The number of hydrogen-bond acceptors (Lipinski definition) is 15. The maximum atomic E-state index is 13.4. The first kappa shape index (κ1) is 52.8. The van der Waals surface area contributed by atoms with Gasteiger partial charge in [0.15, 0.2) is 0 Å². The van der Waals surface area contributed by atoms with Crippen molar-refractivity contribution >= 4 is 75.2 Å². The van der Waals surface area contributed by atoms with Gasteiger partial charge in [-0.05, 0) is 86.5 Å². The third-order valence-corrected chi connectivity index (χ3v) is 13.9. The van der Waals surface area contributed by atoms with Crippen LogP contribution in [-0.4, -0.2) is 128 Å². The van der Waals surface area contributed by atoms with E-state index in [0.717, 1.165) is 12.1 Å². The quantitative estimate of drug-likeness (QED) is 0.0182. The molecule has 2 amide bonds. The molecular weight excluding hydrogens is 967 g/mol. The third-order valence-electron chi connectivity index (χ3n) is 10.7. The average Bonchev–Trinajstić information content (AvgIpc) is 3.54. The number of nitrogens with one attached hydrogen (secondary N) is 1. The van der Waals surface area contributed by atoms with Crippen molar-refractivity contribution in [1.82, 2.24) is 15.0 Å². The SMILES string of the molecule is O=C(ON1C(=O)CCC1=O)c1ccc(C(=O)O)c(-c2c3ccc(=[N+](CCCCS(=O)(=O)O)CCCCS(=O)(=O)O)cc-3oc3cc(C(CCCS(=O)(=O)O)NCCCCS(=O)(=O)O)ccc23)c1. The molecule has 0 bridgehead atoms.